The third kappa shape index (κ3) is 3.31. The van der Waals surface area contributed by atoms with E-state index < -0.39 is 0 Å². The van der Waals surface area contributed by atoms with E-state index in [1.807, 2.05) is 12.1 Å². The van der Waals surface area contributed by atoms with Gasteiger partial charge in [-0.25, -0.2) is 0 Å². The quantitative estimate of drug-likeness (QED) is 0.848. The number of piperidine rings is 1. The van der Waals surface area contributed by atoms with Crippen LogP contribution in [0.25, 0.3) is 11.8 Å². The molecule has 1 aromatic heterocycles. The zero-order valence-electron chi connectivity index (χ0n) is 15.6. The Hall–Kier alpha value is -1.75. The van der Waals surface area contributed by atoms with Gasteiger partial charge >= 0.3 is 0 Å². The highest BCUT2D eigenvalue weighted by Crippen LogP contribution is 2.36. The normalized spacial score (nSPS) is 23.4. The van der Waals surface area contributed by atoms with E-state index in [9.17, 15) is 0 Å². The Bertz CT molecular complexity index is 825. The molecule has 1 unspecified atom stereocenters. The Morgan fingerprint density at radius 1 is 1.04 bits per heavy atom. The first-order valence-electron chi connectivity index (χ1n) is 10.1. The lowest BCUT2D eigenvalue weighted by atomic mass is 9.87. The number of nitrogens with one attached hydrogen (secondary N) is 2. The summed E-state index contributed by atoms with van der Waals surface area (Å²) in [5.41, 5.74) is 5.48. The minimum absolute atomic E-state index is 0.653. The maximum Gasteiger partial charge on any atom is 0.0557 e. The van der Waals surface area contributed by atoms with Crippen molar-refractivity contribution in [2.24, 2.45) is 0 Å². The molecule has 2 aromatic rings. The van der Waals surface area contributed by atoms with Gasteiger partial charge in [0.15, 0.2) is 0 Å². The number of rotatable bonds is 3. The molecule has 2 saturated heterocycles. The first kappa shape index (κ1) is 17.4. The summed E-state index contributed by atoms with van der Waals surface area (Å²) in [5, 5.41) is 7.67. The van der Waals surface area contributed by atoms with E-state index in [1.165, 1.54) is 67.9 Å². The summed E-state index contributed by atoms with van der Waals surface area (Å²) in [7, 11) is 0. The summed E-state index contributed by atoms with van der Waals surface area (Å²) in [6.07, 6.45) is 10.6. The van der Waals surface area contributed by atoms with Gasteiger partial charge in [0.25, 0.3) is 0 Å². The van der Waals surface area contributed by atoms with E-state index in [2.05, 4.69) is 50.7 Å². The molecule has 3 aliphatic heterocycles. The third-order valence-electron chi connectivity index (χ3n) is 6.44. The van der Waals surface area contributed by atoms with Crippen molar-refractivity contribution < 1.29 is 0 Å². The molecule has 4 heterocycles. The van der Waals surface area contributed by atoms with Gasteiger partial charge in [0, 0.05) is 40.8 Å². The summed E-state index contributed by atoms with van der Waals surface area (Å²) in [4.78, 5) is 2.70. The number of aromatic nitrogens is 1. The fraction of sp³-hybridized carbons (Fsp3) is 0.455. The minimum Gasteiger partial charge on any atom is -0.385 e. The van der Waals surface area contributed by atoms with Crippen LogP contribution in [0.1, 0.15) is 42.0 Å². The predicted octanol–water partition coefficient (Wildman–Crippen LogP) is 3.75. The molecular formula is C22H27ClN4. The van der Waals surface area contributed by atoms with E-state index in [1.54, 1.807) is 0 Å². The first-order valence-corrected chi connectivity index (χ1v) is 10.5. The van der Waals surface area contributed by atoms with Crippen LogP contribution in [0.2, 0.25) is 5.02 Å². The van der Waals surface area contributed by atoms with Crippen LogP contribution in [0.4, 0.5) is 0 Å². The Balaban J connectivity index is 1.41. The van der Waals surface area contributed by atoms with Crippen LogP contribution < -0.4 is 10.6 Å². The van der Waals surface area contributed by atoms with Crippen LogP contribution in [0.15, 0.2) is 36.7 Å². The number of benzene rings is 1. The maximum atomic E-state index is 6.10. The average Bonchev–Trinajstić information content (AvgIpc) is 3.37. The molecule has 5 heteroatoms. The van der Waals surface area contributed by atoms with Gasteiger partial charge in [-0.2, -0.15) is 0 Å². The third-order valence-corrected chi connectivity index (χ3v) is 6.70. The smallest absolute Gasteiger partial charge is 0.0557 e. The molecule has 3 aliphatic rings. The monoisotopic (exact) mass is 382 g/mol. The van der Waals surface area contributed by atoms with Crippen molar-refractivity contribution in [2.75, 3.05) is 26.2 Å². The highest BCUT2D eigenvalue weighted by atomic mass is 35.5. The SMILES string of the molecule is Clc1ccc(-n2cc(C3CCN(C4CCNC4)CC3)c3c2CNC=C3)cc1. The van der Waals surface area contributed by atoms with Gasteiger partial charge in [0.1, 0.15) is 0 Å². The number of likely N-dealkylation sites (tertiary alicyclic amines) is 1. The summed E-state index contributed by atoms with van der Waals surface area (Å²) >= 11 is 6.10. The fourth-order valence-electron chi connectivity index (χ4n) is 4.94. The summed E-state index contributed by atoms with van der Waals surface area (Å²) < 4.78 is 2.35. The Labute approximate surface area is 166 Å². The number of hydrogen-bond acceptors (Lipinski definition) is 3. The summed E-state index contributed by atoms with van der Waals surface area (Å²) in [6, 6.07) is 8.93. The number of fused-ring (bicyclic) bond motifs is 1. The standard InChI is InChI=1S/C22H27ClN4/c23-17-1-3-18(4-2-17)27-15-21(20-6-10-25-14-22(20)27)16-7-11-26(12-8-16)19-5-9-24-13-19/h1-4,6,10,15-16,19,24-25H,5,7-9,11-14H2. The molecule has 4 nitrogen and oxygen atoms in total. The van der Waals surface area contributed by atoms with Crippen molar-refractivity contribution in [2.45, 2.75) is 37.8 Å². The molecule has 1 atom stereocenters. The van der Waals surface area contributed by atoms with E-state index in [0.29, 0.717) is 5.92 Å². The van der Waals surface area contributed by atoms with Crippen molar-refractivity contribution in [1.29, 1.82) is 0 Å². The Morgan fingerprint density at radius 3 is 2.59 bits per heavy atom. The van der Waals surface area contributed by atoms with Gasteiger partial charge in [-0.3, -0.25) is 4.90 Å². The van der Waals surface area contributed by atoms with Gasteiger partial charge < -0.3 is 15.2 Å². The lowest BCUT2D eigenvalue weighted by Gasteiger charge is -2.35. The highest BCUT2D eigenvalue weighted by molar-refractivity contribution is 6.30. The molecule has 1 aromatic carbocycles. The second-order valence-electron chi connectivity index (χ2n) is 7.96. The Morgan fingerprint density at radius 2 is 1.85 bits per heavy atom. The molecule has 0 radical (unpaired) electrons. The van der Waals surface area contributed by atoms with Gasteiger partial charge in [-0.1, -0.05) is 11.6 Å². The van der Waals surface area contributed by atoms with E-state index in [4.69, 9.17) is 11.6 Å². The highest BCUT2D eigenvalue weighted by Gasteiger charge is 2.30. The summed E-state index contributed by atoms with van der Waals surface area (Å²) in [6.45, 7) is 5.67. The van der Waals surface area contributed by atoms with Gasteiger partial charge in [-0.05, 0) is 86.9 Å². The molecule has 5 rings (SSSR count). The lowest BCUT2D eigenvalue weighted by Crippen LogP contribution is -2.42. The molecular weight excluding hydrogens is 356 g/mol. The fourth-order valence-corrected chi connectivity index (χ4v) is 5.06. The molecule has 2 fully saturated rings. The second-order valence-corrected chi connectivity index (χ2v) is 8.40. The molecule has 27 heavy (non-hydrogen) atoms. The molecule has 142 valence electrons. The number of nitrogens with zero attached hydrogens (tertiary/aromatic N) is 2. The zero-order valence-corrected chi connectivity index (χ0v) is 16.4. The zero-order chi connectivity index (χ0) is 18.2. The largest absolute Gasteiger partial charge is 0.385 e. The molecule has 0 saturated carbocycles. The van der Waals surface area contributed by atoms with E-state index >= 15 is 0 Å². The van der Waals surface area contributed by atoms with Gasteiger partial charge in [-0.15, -0.1) is 0 Å². The molecule has 0 bridgehead atoms. The van der Waals surface area contributed by atoms with Crippen LogP contribution >= 0.6 is 11.6 Å². The summed E-state index contributed by atoms with van der Waals surface area (Å²) in [5.74, 6) is 0.653. The Kier molecular flexibility index (Phi) is 4.72. The van der Waals surface area contributed by atoms with Crippen molar-refractivity contribution in [1.82, 2.24) is 20.1 Å². The van der Waals surface area contributed by atoms with Crippen LogP contribution in [0.3, 0.4) is 0 Å². The molecule has 0 spiro atoms. The average molecular weight is 383 g/mol. The molecule has 0 amide bonds. The van der Waals surface area contributed by atoms with Gasteiger partial charge in [0.05, 0.1) is 6.54 Å². The molecule has 2 N–H and O–H groups in total. The molecule has 0 aliphatic carbocycles. The van der Waals surface area contributed by atoms with Crippen molar-refractivity contribution in [3.8, 4) is 5.69 Å². The van der Waals surface area contributed by atoms with Crippen molar-refractivity contribution >= 4 is 17.7 Å². The predicted molar refractivity (Wildman–Crippen MR) is 111 cm³/mol. The van der Waals surface area contributed by atoms with Gasteiger partial charge in [0.2, 0.25) is 0 Å². The van der Waals surface area contributed by atoms with Crippen molar-refractivity contribution in [3.05, 3.63) is 58.5 Å². The first-order chi connectivity index (χ1) is 13.3. The van der Waals surface area contributed by atoms with E-state index in [0.717, 1.165) is 17.6 Å². The van der Waals surface area contributed by atoms with Crippen LogP contribution in [-0.4, -0.2) is 41.7 Å². The number of hydrogen-bond donors (Lipinski definition) is 2. The van der Waals surface area contributed by atoms with Crippen LogP contribution in [-0.2, 0) is 6.54 Å². The topological polar surface area (TPSA) is 32.2 Å². The maximum absolute atomic E-state index is 6.10. The minimum atomic E-state index is 0.653. The number of halogens is 1. The van der Waals surface area contributed by atoms with Crippen LogP contribution in [0.5, 0.6) is 0 Å². The van der Waals surface area contributed by atoms with E-state index in [-0.39, 0.29) is 0 Å². The van der Waals surface area contributed by atoms with Crippen LogP contribution in [0, 0.1) is 0 Å². The lowest BCUT2D eigenvalue weighted by molar-refractivity contribution is 0.161. The second kappa shape index (κ2) is 7.34. The van der Waals surface area contributed by atoms with Crippen molar-refractivity contribution in [3.63, 3.8) is 0 Å².